The maximum atomic E-state index is 9.83. The van der Waals surface area contributed by atoms with E-state index in [1.54, 1.807) is 12.3 Å². The summed E-state index contributed by atoms with van der Waals surface area (Å²) in [6.45, 7) is 1.39. The van der Waals surface area contributed by atoms with Crippen molar-refractivity contribution < 1.29 is 10.2 Å². The molecule has 16 heavy (non-hydrogen) atoms. The van der Waals surface area contributed by atoms with Gasteiger partial charge in [-0.1, -0.05) is 18.2 Å². The molecule has 2 unspecified atom stereocenters. The van der Waals surface area contributed by atoms with Gasteiger partial charge in [-0.2, -0.15) is 0 Å². The first kappa shape index (κ1) is 10.9. The zero-order valence-electron chi connectivity index (χ0n) is 8.83. The van der Waals surface area contributed by atoms with Crippen LogP contribution in [-0.2, 0) is 5.72 Å². The van der Waals surface area contributed by atoms with Crippen molar-refractivity contribution in [3.8, 4) is 0 Å². The minimum atomic E-state index is -1.93. The van der Waals surface area contributed by atoms with Crippen LogP contribution in [0.5, 0.6) is 0 Å². The fraction of sp³-hybridized carbons (Fsp3) is 0.273. The molecule has 0 radical (unpaired) electrons. The van der Waals surface area contributed by atoms with Crippen molar-refractivity contribution in [2.75, 3.05) is 0 Å². The van der Waals surface area contributed by atoms with Crippen LogP contribution in [0.3, 0.4) is 0 Å². The molecule has 1 heterocycles. The summed E-state index contributed by atoms with van der Waals surface area (Å²) in [5, 5.41) is 20.0. The number of fused-ring (bicyclic) bond motifs is 1. The Balaban J connectivity index is 2.55. The largest absolute Gasteiger partial charge is 0.388 e. The van der Waals surface area contributed by atoms with Crippen molar-refractivity contribution in [1.82, 2.24) is 9.97 Å². The van der Waals surface area contributed by atoms with Crippen molar-refractivity contribution in [1.29, 1.82) is 0 Å². The number of nitrogens with two attached hydrogens (primary N) is 1. The molecule has 4 N–H and O–H groups in total. The van der Waals surface area contributed by atoms with E-state index in [-0.39, 0.29) is 5.82 Å². The Bertz CT molecular complexity index is 511. The van der Waals surface area contributed by atoms with E-state index in [4.69, 9.17) is 5.73 Å². The standard InChI is InChI=1S/C11H13N3O2/c1-7(15)11(12,16)10-13-6-8-4-2-3-5-9(8)14-10/h2-7,15-16H,12H2,1H3. The molecular weight excluding hydrogens is 206 g/mol. The summed E-state index contributed by atoms with van der Waals surface area (Å²) in [6, 6.07) is 7.35. The second-order valence-corrected chi connectivity index (χ2v) is 3.75. The Morgan fingerprint density at radius 1 is 1.38 bits per heavy atom. The molecule has 0 aliphatic carbocycles. The van der Waals surface area contributed by atoms with Gasteiger partial charge in [-0.25, -0.2) is 9.97 Å². The van der Waals surface area contributed by atoms with Gasteiger partial charge in [-0.3, -0.25) is 5.73 Å². The third-order valence-corrected chi connectivity index (χ3v) is 2.48. The number of benzene rings is 1. The summed E-state index contributed by atoms with van der Waals surface area (Å²) in [5.41, 5.74) is 4.30. The number of rotatable bonds is 2. The minimum Gasteiger partial charge on any atom is -0.388 e. The summed E-state index contributed by atoms with van der Waals surface area (Å²) < 4.78 is 0. The Labute approximate surface area is 92.6 Å². The van der Waals surface area contributed by atoms with Crippen molar-refractivity contribution in [3.05, 3.63) is 36.3 Å². The Morgan fingerprint density at radius 3 is 2.75 bits per heavy atom. The quantitative estimate of drug-likeness (QED) is 0.624. The van der Waals surface area contributed by atoms with E-state index in [0.29, 0.717) is 5.52 Å². The van der Waals surface area contributed by atoms with Crippen LogP contribution >= 0.6 is 0 Å². The van der Waals surface area contributed by atoms with Crippen molar-refractivity contribution >= 4 is 10.9 Å². The molecule has 0 amide bonds. The molecule has 5 nitrogen and oxygen atoms in total. The molecule has 0 saturated carbocycles. The first-order valence-corrected chi connectivity index (χ1v) is 4.93. The lowest BCUT2D eigenvalue weighted by Crippen LogP contribution is -2.47. The van der Waals surface area contributed by atoms with Gasteiger partial charge < -0.3 is 10.2 Å². The zero-order chi connectivity index (χ0) is 11.8. The van der Waals surface area contributed by atoms with Crippen molar-refractivity contribution in [2.24, 2.45) is 5.73 Å². The van der Waals surface area contributed by atoms with E-state index >= 15 is 0 Å². The average molecular weight is 219 g/mol. The number of aliphatic hydroxyl groups is 2. The number of para-hydroxylation sites is 1. The summed E-state index contributed by atoms with van der Waals surface area (Å²) in [4.78, 5) is 8.08. The molecule has 0 saturated heterocycles. The third kappa shape index (κ3) is 1.76. The first-order valence-electron chi connectivity index (χ1n) is 4.93. The van der Waals surface area contributed by atoms with E-state index in [2.05, 4.69) is 9.97 Å². The molecular formula is C11H13N3O2. The normalized spacial score (nSPS) is 17.0. The maximum absolute atomic E-state index is 9.83. The minimum absolute atomic E-state index is 0.0150. The maximum Gasteiger partial charge on any atom is 0.200 e. The predicted octanol–water partition coefficient (Wildman–Crippen LogP) is 0.114. The highest BCUT2D eigenvalue weighted by atomic mass is 16.4. The number of aliphatic hydroxyl groups excluding tert-OH is 1. The Hall–Kier alpha value is -1.56. The number of hydrogen-bond donors (Lipinski definition) is 3. The molecule has 2 atom stereocenters. The van der Waals surface area contributed by atoms with Crippen LogP contribution in [0.2, 0.25) is 0 Å². The summed E-state index contributed by atoms with van der Waals surface area (Å²) in [5.74, 6) is 0.0150. The van der Waals surface area contributed by atoms with Gasteiger partial charge in [0.1, 0.15) is 6.10 Å². The molecule has 84 valence electrons. The van der Waals surface area contributed by atoms with E-state index in [1.807, 2.05) is 18.2 Å². The van der Waals surface area contributed by atoms with Crippen LogP contribution in [0.25, 0.3) is 10.9 Å². The number of nitrogens with zero attached hydrogens (tertiary/aromatic N) is 2. The smallest absolute Gasteiger partial charge is 0.200 e. The molecule has 0 fully saturated rings. The highest BCUT2D eigenvalue weighted by Gasteiger charge is 2.33. The monoisotopic (exact) mass is 219 g/mol. The van der Waals surface area contributed by atoms with Crippen LogP contribution in [0.4, 0.5) is 0 Å². The fourth-order valence-electron chi connectivity index (χ4n) is 1.35. The number of hydrogen-bond acceptors (Lipinski definition) is 5. The molecule has 2 aromatic rings. The first-order chi connectivity index (χ1) is 7.51. The van der Waals surface area contributed by atoms with Gasteiger partial charge in [-0.15, -0.1) is 0 Å². The van der Waals surface area contributed by atoms with E-state index in [0.717, 1.165) is 5.39 Å². The highest BCUT2D eigenvalue weighted by Crippen LogP contribution is 2.18. The lowest BCUT2D eigenvalue weighted by Gasteiger charge is -2.24. The van der Waals surface area contributed by atoms with E-state index < -0.39 is 11.8 Å². The van der Waals surface area contributed by atoms with Gasteiger partial charge in [0.2, 0.25) is 5.72 Å². The number of aromatic nitrogens is 2. The molecule has 5 heteroatoms. The molecule has 0 aliphatic rings. The van der Waals surface area contributed by atoms with Gasteiger partial charge in [0.15, 0.2) is 5.82 Å². The van der Waals surface area contributed by atoms with E-state index in [9.17, 15) is 10.2 Å². The van der Waals surface area contributed by atoms with Crippen LogP contribution in [0.15, 0.2) is 30.5 Å². The van der Waals surface area contributed by atoms with Gasteiger partial charge >= 0.3 is 0 Å². The summed E-state index contributed by atoms with van der Waals surface area (Å²) in [6.07, 6.45) is 0.423. The lowest BCUT2D eigenvalue weighted by atomic mass is 10.1. The Kier molecular flexibility index (Phi) is 2.59. The van der Waals surface area contributed by atoms with Crippen molar-refractivity contribution in [3.63, 3.8) is 0 Å². The molecule has 0 bridgehead atoms. The zero-order valence-corrected chi connectivity index (χ0v) is 8.83. The third-order valence-electron chi connectivity index (χ3n) is 2.48. The van der Waals surface area contributed by atoms with E-state index in [1.165, 1.54) is 6.92 Å². The van der Waals surface area contributed by atoms with Gasteiger partial charge in [-0.05, 0) is 13.0 Å². The van der Waals surface area contributed by atoms with Crippen LogP contribution in [0, 0.1) is 0 Å². The lowest BCUT2D eigenvalue weighted by molar-refractivity contribution is -0.0729. The van der Waals surface area contributed by atoms with Gasteiger partial charge in [0.05, 0.1) is 5.52 Å². The molecule has 2 rings (SSSR count). The van der Waals surface area contributed by atoms with Gasteiger partial charge in [0.25, 0.3) is 0 Å². The second kappa shape index (κ2) is 3.79. The topological polar surface area (TPSA) is 92.3 Å². The molecule has 0 spiro atoms. The molecule has 0 aliphatic heterocycles. The fourth-order valence-corrected chi connectivity index (χ4v) is 1.35. The van der Waals surface area contributed by atoms with Crippen molar-refractivity contribution in [2.45, 2.75) is 18.8 Å². The Morgan fingerprint density at radius 2 is 2.06 bits per heavy atom. The molecule has 1 aromatic carbocycles. The SMILES string of the molecule is CC(O)C(N)(O)c1ncc2ccccc2n1. The van der Waals surface area contributed by atoms with Crippen LogP contribution in [-0.4, -0.2) is 26.3 Å². The second-order valence-electron chi connectivity index (χ2n) is 3.75. The summed E-state index contributed by atoms with van der Waals surface area (Å²) >= 11 is 0. The van der Waals surface area contributed by atoms with Crippen LogP contribution in [0.1, 0.15) is 12.7 Å². The summed E-state index contributed by atoms with van der Waals surface area (Å²) in [7, 11) is 0. The highest BCUT2D eigenvalue weighted by molar-refractivity contribution is 5.77. The van der Waals surface area contributed by atoms with Gasteiger partial charge in [0, 0.05) is 11.6 Å². The average Bonchev–Trinajstić information content (AvgIpc) is 2.28. The predicted molar refractivity (Wildman–Crippen MR) is 59.3 cm³/mol. The van der Waals surface area contributed by atoms with Crippen LogP contribution < -0.4 is 5.73 Å². The molecule has 1 aromatic heterocycles.